The zero-order valence-corrected chi connectivity index (χ0v) is 11.3. The highest BCUT2D eigenvalue weighted by molar-refractivity contribution is 5.76. The molecule has 1 heterocycles. The number of nitrogens with two attached hydrogens (primary N) is 1. The van der Waals surface area contributed by atoms with Crippen molar-refractivity contribution in [3.63, 3.8) is 0 Å². The fourth-order valence-corrected chi connectivity index (χ4v) is 2.44. The summed E-state index contributed by atoms with van der Waals surface area (Å²) in [6.07, 6.45) is 0. The van der Waals surface area contributed by atoms with Crippen LogP contribution in [0.2, 0.25) is 0 Å². The molecule has 0 aliphatic carbocycles. The minimum absolute atomic E-state index is 0.682. The monoisotopic (exact) mass is 264 g/mol. The summed E-state index contributed by atoms with van der Waals surface area (Å²) in [6, 6.07) is 2.83. The third-order valence-corrected chi connectivity index (χ3v) is 3.75. The van der Waals surface area contributed by atoms with Gasteiger partial charge in [0.2, 0.25) is 0 Å². The molecular formula is C14H20N2O3. The number of aliphatic carboxylic acids is 1. The van der Waals surface area contributed by atoms with Crippen molar-refractivity contribution in [3.05, 3.63) is 28.8 Å². The minimum atomic E-state index is -0.998. The minimum Gasteiger partial charge on any atom is -0.480 e. The molecule has 1 aliphatic heterocycles. The highest BCUT2D eigenvalue weighted by atomic mass is 16.5. The molecule has 1 saturated heterocycles. The van der Waals surface area contributed by atoms with E-state index in [1.807, 2.05) is 26.0 Å². The van der Waals surface area contributed by atoms with E-state index in [0.717, 1.165) is 43.1 Å². The van der Waals surface area contributed by atoms with Gasteiger partial charge in [0.05, 0.1) is 13.2 Å². The van der Waals surface area contributed by atoms with Gasteiger partial charge in [-0.05, 0) is 36.6 Å². The number of nitrogens with zero attached hydrogens (tertiary/aromatic N) is 1. The standard InChI is InChI=1S/C14H20N2O3/c1-9-10(2)12(16-5-7-19-8-6-16)4-3-11(9)13(15)14(17)18/h3-4,13H,5-8,15H2,1-2H3,(H,17,18)/t13-/m0/s1. The van der Waals surface area contributed by atoms with E-state index >= 15 is 0 Å². The van der Waals surface area contributed by atoms with Crippen LogP contribution in [-0.2, 0) is 9.53 Å². The van der Waals surface area contributed by atoms with Gasteiger partial charge in [-0.25, -0.2) is 0 Å². The molecule has 0 radical (unpaired) electrons. The number of carboxylic acid groups (broad SMARTS) is 1. The molecule has 0 unspecified atom stereocenters. The Labute approximate surface area is 113 Å². The van der Waals surface area contributed by atoms with Gasteiger partial charge < -0.3 is 20.5 Å². The molecule has 0 aromatic heterocycles. The van der Waals surface area contributed by atoms with E-state index in [-0.39, 0.29) is 0 Å². The number of ether oxygens (including phenoxy) is 1. The molecule has 3 N–H and O–H groups in total. The average Bonchev–Trinajstić information content (AvgIpc) is 2.42. The number of rotatable bonds is 3. The first-order valence-corrected chi connectivity index (χ1v) is 6.43. The lowest BCUT2D eigenvalue weighted by molar-refractivity contribution is -0.138. The van der Waals surface area contributed by atoms with Gasteiger partial charge in [0, 0.05) is 18.8 Å². The highest BCUT2D eigenvalue weighted by Gasteiger charge is 2.20. The number of anilines is 1. The second-order valence-corrected chi connectivity index (χ2v) is 4.84. The van der Waals surface area contributed by atoms with Crippen LogP contribution in [0.5, 0.6) is 0 Å². The van der Waals surface area contributed by atoms with Crippen LogP contribution >= 0.6 is 0 Å². The summed E-state index contributed by atoms with van der Waals surface area (Å²) < 4.78 is 5.35. The lowest BCUT2D eigenvalue weighted by Gasteiger charge is -2.31. The van der Waals surface area contributed by atoms with Gasteiger partial charge in [-0.15, -0.1) is 0 Å². The molecule has 1 aromatic rings. The van der Waals surface area contributed by atoms with Gasteiger partial charge in [-0.1, -0.05) is 6.07 Å². The van der Waals surface area contributed by atoms with E-state index in [4.69, 9.17) is 15.6 Å². The molecular weight excluding hydrogens is 244 g/mol. The lowest BCUT2D eigenvalue weighted by Crippen LogP contribution is -2.36. The first kappa shape index (κ1) is 13.8. The van der Waals surface area contributed by atoms with Crippen LogP contribution in [-0.4, -0.2) is 37.4 Å². The average molecular weight is 264 g/mol. The van der Waals surface area contributed by atoms with Crippen molar-refractivity contribution in [2.24, 2.45) is 5.73 Å². The van der Waals surface area contributed by atoms with Crippen LogP contribution in [0, 0.1) is 13.8 Å². The first-order chi connectivity index (χ1) is 9.02. The maximum atomic E-state index is 11.0. The summed E-state index contributed by atoms with van der Waals surface area (Å²) in [5.41, 5.74) is 9.58. The molecule has 0 spiro atoms. The summed E-state index contributed by atoms with van der Waals surface area (Å²) >= 11 is 0. The van der Waals surface area contributed by atoms with Crippen LogP contribution in [0.15, 0.2) is 12.1 Å². The lowest BCUT2D eigenvalue weighted by atomic mass is 9.96. The molecule has 104 valence electrons. The number of morpholine rings is 1. The summed E-state index contributed by atoms with van der Waals surface area (Å²) in [6.45, 7) is 7.13. The van der Waals surface area contributed by atoms with Crippen molar-refractivity contribution < 1.29 is 14.6 Å². The first-order valence-electron chi connectivity index (χ1n) is 6.43. The Balaban J connectivity index is 2.33. The van der Waals surface area contributed by atoms with Crippen LogP contribution < -0.4 is 10.6 Å². The smallest absolute Gasteiger partial charge is 0.325 e. The van der Waals surface area contributed by atoms with E-state index in [1.165, 1.54) is 0 Å². The number of carboxylic acids is 1. The fraction of sp³-hybridized carbons (Fsp3) is 0.500. The predicted octanol–water partition coefficient (Wildman–Crippen LogP) is 1.22. The quantitative estimate of drug-likeness (QED) is 0.858. The molecule has 1 aliphatic rings. The number of hydrogen-bond donors (Lipinski definition) is 2. The van der Waals surface area contributed by atoms with Gasteiger partial charge in [-0.2, -0.15) is 0 Å². The summed E-state index contributed by atoms with van der Waals surface area (Å²) in [7, 11) is 0. The van der Waals surface area contributed by atoms with E-state index in [9.17, 15) is 4.79 Å². The van der Waals surface area contributed by atoms with Crippen molar-refractivity contribution in [1.82, 2.24) is 0 Å². The molecule has 1 fully saturated rings. The summed E-state index contributed by atoms with van der Waals surface area (Å²) in [4.78, 5) is 13.3. The van der Waals surface area contributed by atoms with Gasteiger partial charge in [0.1, 0.15) is 6.04 Å². The Morgan fingerprint density at radius 1 is 1.32 bits per heavy atom. The van der Waals surface area contributed by atoms with Crippen molar-refractivity contribution in [2.75, 3.05) is 31.2 Å². The normalized spacial score (nSPS) is 17.3. The Hall–Kier alpha value is -1.59. The highest BCUT2D eigenvalue weighted by Crippen LogP contribution is 2.28. The van der Waals surface area contributed by atoms with Crippen LogP contribution in [0.3, 0.4) is 0 Å². The number of benzene rings is 1. The molecule has 0 bridgehead atoms. The van der Waals surface area contributed by atoms with E-state index in [1.54, 1.807) is 0 Å². The fourth-order valence-electron chi connectivity index (χ4n) is 2.44. The molecule has 0 saturated carbocycles. The van der Waals surface area contributed by atoms with Crippen molar-refractivity contribution in [2.45, 2.75) is 19.9 Å². The molecule has 5 nitrogen and oxygen atoms in total. The Bertz CT molecular complexity index is 482. The van der Waals surface area contributed by atoms with E-state index in [2.05, 4.69) is 4.90 Å². The molecule has 0 amide bonds. The van der Waals surface area contributed by atoms with Crippen molar-refractivity contribution in [3.8, 4) is 0 Å². The SMILES string of the molecule is Cc1c([C@H](N)C(=O)O)ccc(N2CCOCC2)c1C. The number of hydrogen-bond acceptors (Lipinski definition) is 4. The largest absolute Gasteiger partial charge is 0.480 e. The van der Waals surface area contributed by atoms with Gasteiger partial charge in [0.15, 0.2) is 0 Å². The Morgan fingerprint density at radius 3 is 2.53 bits per heavy atom. The predicted molar refractivity (Wildman–Crippen MR) is 73.5 cm³/mol. The van der Waals surface area contributed by atoms with E-state index in [0.29, 0.717) is 5.56 Å². The summed E-state index contributed by atoms with van der Waals surface area (Å²) in [5, 5.41) is 9.02. The molecule has 19 heavy (non-hydrogen) atoms. The zero-order chi connectivity index (χ0) is 14.0. The van der Waals surface area contributed by atoms with Crippen molar-refractivity contribution in [1.29, 1.82) is 0 Å². The second-order valence-electron chi connectivity index (χ2n) is 4.84. The zero-order valence-electron chi connectivity index (χ0n) is 11.3. The second kappa shape index (κ2) is 5.59. The third kappa shape index (κ3) is 2.72. The van der Waals surface area contributed by atoms with Crippen molar-refractivity contribution >= 4 is 11.7 Å². The molecule has 1 atom stereocenters. The maximum absolute atomic E-state index is 11.0. The molecule has 1 aromatic carbocycles. The Kier molecular flexibility index (Phi) is 4.07. The van der Waals surface area contributed by atoms with Gasteiger partial charge >= 0.3 is 5.97 Å². The van der Waals surface area contributed by atoms with Gasteiger partial charge in [0.25, 0.3) is 0 Å². The Morgan fingerprint density at radius 2 is 1.95 bits per heavy atom. The van der Waals surface area contributed by atoms with E-state index < -0.39 is 12.0 Å². The topological polar surface area (TPSA) is 75.8 Å². The third-order valence-electron chi connectivity index (χ3n) is 3.75. The van der Waals surface area contributed by atoms with Crippen LogP contribution in [0.25, 0.3) is 0 Å². The van der Waals surface area contributed by atoms with Gasteiger partial charge in [-0.3, -0.25) is 4.79 Å². The van der Waals surface area contributed by atoms with Crippen LogP contribution in [0.1, 0.15) is 22.7 Å². The van der Waals surface area contributed by atoms with Crippen LogP contribution in [0.4, 0.5) is 5.69 Å². The number of carbonyl (C=O) groups is 1. The summed E-state index contributed by atoms with van der Waals surface area (Å²) in [5.74, 6) is -0.998. The molecule has 2 rings (SSSR count). The molecule has 5 heteroatoms. The maximum Gasteiger partial charge on any atom is 0.325 e.